The number of rotatable bonds is 9. The van der Waals surface area contributed by atoms with Crippen LogP contribution in [0.2, 0.25) is 5.02 Å². The molecule has 3 rings (SSSR count). The van der Waals surface area contributed by atoms with Gasteiger partial charge in [-0.25, -0.2) is 8.42 Å². The molecule has 1 aliphatic heterocycles. The number of carbonyl (C=O) groups excluding carboxylic acids is 1. The van der Waals surface area contributed by atoms with E-state index in [0.717, 1.165) is 5.56 Å². The molecular formula is C24H31ClN2O6S. The number of ether oxygens (including phenoxy) is 3. The second kappa shape index (κ2) is 11.3. The smallest absolute Gasteiger partial charge is 0.246 e. The normalized spacial score (nSPS) is 16.0. The summed E-state index contributed by atoms with van der Waals surface area (Å²) < 4.78 is 44.0. The van der Waals surface area contributed by atoms with Gasteiger partial charge in [0, 0.05) is 24.0 Å². The average Bonchev–Trinajstić information content (AvgIpc) is 2.84. The van der Waals surface area contributed by atoms with E-state index in [1.54, 1.807) is 39.3 Å². The van der Waals surface area contributed by atoms with E-state index in [9.17, 15) is 13.2 Å². The Morgan fingerprint density at radius 3 is 2.35 bits per heavy atom. The predicted octanol–water partition coefficient (Wildman–Crippen LogP) is 4.03. The van der Waals surface area contributed by atoms with Gasteiger partial charge in [-0.1, -0.05) is 17.7 Å². The van der Waals surface area contributed by atoms with E-state index in [-0.39, 0.29) is 41.6 Å². The zero-order valence-electron chi connectivity index (χ0n) is 19.8. The summed E-state index contributed by atoms with van der Waals surface area (Å²) in [6, 6.07) is 9.84. The Hall–Kier alpha value is -2.49. The van der Waals surface area contributed by atoms with Crippen molar-refractivity contribution in [2.45, 2.75) is 37.6 Å². The molecule has 1 aliphatic rings. The maximum absolute atomic E-state index is 13.3. The minimum absolute atomic E-state index is 0.0480. The molecule has 34 heavy (non-hydrogen) atoms. The summed E-state index contributed by atoms with van der Waals surface area (Å²) in [5.41, 5.74) is 0.885. The van der Waals surface area contributed by atoms with Crippen LogP contribution >= 0.6 is 11.6 Å². The van der Waals surface area contributed by atoms with Gasteiger partial charge in [-0.3, -0.25) is 4.79 Å². The number of benzene rings is 2. The molecular weight excluding hydrogens is 480 g/mol. The fourth-order valence-corrected chi connectivity index (χ4v) is 5.86. The van der Waals surface area contributed by atoms with Crippen molar-refractivity contribution >= 4 is 27.5 Å². The number of halogens is 1. The SMILES string of the molecule is CCOc1ccc(Cl)cc1S(=O)(=O)N1CCC(C(=O)N[C@@H](C)c2ccc(OC)c(OC)c2)CC1. The highest BCUT2D eigenvalue weighted by Crippen LogP contribution is 2.33. The van der Waals surface area contributed by atoms with E-state index >= 15 is 0 Å². The van der Waals surface area contributed by atoms with Gasteiger partial charge in [0.1, 0.15) is 10.6 Å². The van der Waals surface area contributed by atoms with Gasteiger partial charge in [-0.05, 0) is 62.6 Å². The van der Waals surface area contributed by atoms with E-state index in [0.29, 0.717) is 36.0 Å². The molecule has 8 nitrogen and oxygen atoms in total. The number of nitrogens with zero attached hydrogens (tertiary/aromatic N) is 1. The van der Waals surface area contributed by atoms with Crippen molar-refractivity contribution in [1.29, 1.82) is 0 Å². The van der Waals surface area contributed by atoms with Crippen LogP contribution in [0.5, 0.6) is 17.2 Å². The largest absolute Gasteiger partial charge is 0.493 e. The average molecular weight is 511 g/mol. The van der Waals surface area contributed by atoms with Crippen LogP contribution in [0.1, 0.15) is 38.3 Å². The first-order valence-electron chi connectivity index (χ1n) is 11.2. The summed E-state index contributed by atoms with van der Waals surface area (Å²) >= 11 is 6.06. The molecule has 0 aromatic heterocycles. The van der Waals surface area contributed by atoms with Gasteiger partial charge in [-0.2, -0.15) is 4.31 Å². The molecule has 10 heteroatoms. The third kappa shape index (κ3) is 5.76. The second-order valence-electron chi connectivity index (χ2n) is 8.05. The minimum atomic E-state index is -3.80. The molecule has 1 saturated heterocycles. The molecule has 1 N–H and O–H groups in total. The second-order valence-corrected chi connectivity index (χ2v) is 10.4. The highest BCUT2D eigenvalue weighted by atomic mass is 35.5. The van der Waals surface area contributed by atoms with Crippen molar-refractivity contribution in [3.63, 3.8) is 0 Å². The number of carbonyl (C=O) groups is 1. The van der Waals surface area contributed by atoms with E-state index in [1.165, 1.54) is 10.4 Å². The maximum atomic E-state index is 13.3. The fourth-order valence-electron chi connectivity index (χ4n) is 3.99. The Morgan fingerprint density at radius 2 is 1.74 bits per heavy atom. The van der Waals surface area contributed by atoms with Crippen LogP contribution in [0.4, 0.5) is 0 Å². The van der Waals surface area contributed by atoms with Gasteiger partial charge in [0.15, 0.2) is 11.5 Å². The van der Waals surface area contributed by atoms with E-state index < -0.39 is 10.0 Å². The van der Waals surface area contributed by atoms with Crippen LogP contribution in [0.25, 0.3) is 0 Å². The Labute approximate surface area is 206 Å². The van der Waals surface area contributed by atoms with Crippen molar-refractivity contribution in [2.24, 2.45) is 5.92 Å². The lowest BCUT2D eigenvalue weighted by atomic mass is 9.96. The van der Waals surface area contributed by atoms with Gasteiger partial charge in [0.05, 0.1) is 26.9 Å². The fraction of sp³-hybridized carbons (Fsp3) is 0.458. The maximum Gasteiger partial charge on any atom is 0.246 e. The summed E-state index contributed by atoms with van der Waals surface area (Å²) in [5.74, 6) is 1.10. The van der Waals surface area contributed by atoms with Gasteiger partial charge in [-0.15, -0.1) is 0 Å². The molecule has 186 valence electrons. The van der Waals surface area contributed by atoms with Gasteiger partial charge in [0.25, 0.3) is 0 Å². The lowest BCUT2D eigenvalue weighted by Gasteiger charge is -2.31. The number of amides is 1. The number of piperidine rings is 1. The van der Waals surface area contributed by atoms with Crippen molar-refractivity contribution < 1.29 is 27.4 Å². The minimum Gasteiger partial charge on any atom is -0.493 e. The number of sulfonamides is 1. The quantitative estimate of drug-likeness (QED) is 0.547. The topological polar surface area (TPSA) is 94.2 Å². The third-order valence-corrected chi connectivity index (χ3v) is 8.07. The monoisotopic (exact) mass is 510 g/mol. The highest BCUT2D eigenvalue weighted by molar-refractivity contribution is 7.89. The number of hydrogen-bond donors (Lipinski definition) is 1. The summed E-state index contributed by atoms with van der Waals surface area (Å²) in [6.07, 6.45) is 0.850. The lowest BCUT2D eigenvalue weighted by Crippen LogP contribution is -2.43. The zero-order valence-corrected chi connectivity index (χ0v) is 21.4. The van der Waals surface area contributed by atoms with E-state index in [1.807, 2.05) is 19.1 Å². The van der Waals surface area contributed by atoms with Gasteiger partial charge in [0.2, 0.25) is 15.9 Å². The molecule has 2 aromatic rings. The predicted molar refractivity (Wildman–Crippen MR) is 130 cm³/mol. The molecule has 1 amide bonds. The van der Waals surface area contributed by atoms with Crippen molar-refractivity contribution in [3.05, 3.63) is 47.0 Å². The van der Waals surface area contributed by atoms with Crippen LogP contribution in [0.3, 0.4) is 0 Å². The molecule has 0 saturated carbocycles. The zero-order chi connectivity index (χ0) is 24.9. The van der Waals surface area contributed by atoms with Crippen molar-refractivity contribution in [3.8, 4) is 17.2 Å². The molecule has 0 spiro atoms. The van der Waals surface area contributed by atoms with Crippen molar-refractivity contribution in [2.75, 3.05) is 33.9 Å². The molecule has 1 heterocycles. The molecule has 1 atom stereocenters. The Bertz CT molecular complexity index is 1120. The molecule has 2 aromatic carbocycles. The van der Waals surface area contributed by atoms with Crippen LogP contribution < -0.4 is 19.5 Å². The number of methoxy groups -OCH3 is 2. The van der Waals surface area contributed by atoms with Crippen molar-refractivity contribution in [1.82, 2.24) is 9.62 Å². The summed E-state index contributed by atoms with van der Waals surface area (Å²) in [7, 11) is -0.669. The van der Waals surface area contributed by atoms with Crippen LogP contribution in [0, 0.1) is 5.92 Å². The third-order valence-electron chi connectivity index (χ3n) is 5.91. The summed E-state index contributed by atoms with van der Waals surface area (Å²) in [6.45, 7) is 4.50. The number of hydrogen-bond acceptors (Lipinski definition) is 6. The highest BCUT2D eigenvalue weighted by Gasteiger charge is 2.34. The molecule has 0 radical (unpaired) electrons. The number of nitrogens with one attached hydrogen (secondary N) is 1. The first-order chi connectivity index (χ1) is 16.2. The van der Waals surface area contributed by atoms with Gasteiger partial charge < -0.3 is 19.5 Å². The summed E-state index contributed by atoms with van der Waals surface area (Å²) in [4.78, 5) is 12.9. The molecule has 0 bridgehead atoms. The van der Waals surface area contributed by atoms with Gasteiger partial charge >= 0.3 is 0 Å². The lowest BCUT2D eigenvalue weighted by molar-refractivity contribution is -0.126. The molecule has 0 unspecified atom stereocenters. The Balaban J connectivity index is 1.64. The van der Waals surface area contributed by atoms with E-state index in [4.69, 9.17) is 25.8 Å². The molecule has 1 fully saturated rings. The molecule has 0 aliphatic carbocycles. The van der Waals surface area contributed by atoms with Crippen LogP contribution in [0.15, 0.2) is 41.3 Å². The van der Waals surface area contributed by atoms with E-state index in [2.05, 4.69) is 5.32 Å². The standard InChI is InChI=1S/C24H31ClN2O6S/c1-5-33-21-9-7-19(25)15-23(21)34(29,30)27-12-10-17(11-13-27)24(28)26-16(2)18-6-8-20(31-3)22(14-18)32-4/h6-9,14-17H,5,10-13H2,1-4H3,(H,26,28)/t16-/m0/s1. The van der Waals surface area contributed by atoms with Crippen LogP contribution in [-0.4, -0.2) is 52.5 Å². The Kier molecular flexibility index (Phi) is 8.67. The first kappa shape index (κ1) is 26.1. The Morgan fingerprint density at radius 1 is 1.09 bits per heavy atom. The van der Waals surface area contributed by atoms with Crippen LogP contribution in [-0.2, 0) is 14.8 Å². The summed E-state index contributed by atoms with van der Waals surface area (Å²) in [5, 5.41) is 3.35. The first-order valence-corrected chi connectivity index (χ1v) is 13.0.